The van der Waals surface area contributed by atoms with E-state index >= 15 is 0 Å². The fraction of sp³-hybridized carbons (Fsp3) is 0.286. The van der Waals surface area contributed by atoms with Gasteiger partial charge in [-0.05, 0) is 19.1 Å². The van der Waals surface area contributed by atoms with Gasteiger partial charge in [0.05, 0.1) is 16.8 Å². The van der Waals surface area contributed by atoms with E-state index in [4.69, 9.17) is 4.98 Å². The number of aromatic amines is 1. The monoisotopic (exact) mass is 363 g/mol. The van der Waals surface area contributed by atoms with Crippen LogP contribution < -0.4 is 10.6 Å². The maximum Gasteiger partial charge on any atom is 0.253 e. The first-order chi connectivity index (χ1) is 13.2. The number of hydrogen-bond donors (Lipinski definition) is 3. The maximum absolute atomic E-state index is 12.0. The minimum absolute atomic E-state index is 0.0285. The zero-order valence-electron chi connectivity index (χ0n) is 16.0. The molecule has 0 bridgehead atoms. The number of aromatic nitrogens is 3. The van der Waals surface area contributed by atoms with Gasteiger partial charge < -0.3 is 15.6 Å². The molecule has 3 aromatic rings. The van der Waals surface area contributed by atoms with Gasteiger partial charge in [0.1, 0.15) is 11.3 Å². The summed E-state index contributed by atoms with van der Waals surface area (Å²) in [6.45, 7) is 10.9. The summed E-state index contributed by atoms with van der Waals surface area (Å²) in [5.74, 6) is 0.716. The first-order valence-corrected chi connectivity index (χ1v) is 9.30. The molecule has 2 aromatic heterocycles. The third kappa shape index (κ3) is 3.56. The molecule has 1 aromatic carbocycles. The second-order valence-electron chi connectivity index (χ2n) is 6.08. The summed E-state index contributed by atoms with van der Waals surface area (Å²) < 4.78 is 0. The SMILES string of the molecule is C=CCNc1nc2c(-c3cc4c([nH]3)CCNC4=O)cccc2nc1C.CC. The van der Waals surface area contributed by atoms with Crippen molar-refractivity contribution in [1.82, 2.24) is 20.3 Å². The molecule has 140 valence electrons. The summed E-state index contributed by atoms with van der Waals surface area (Å²) in [4.78, 5) is 24.8. The number of amides is 1. The molecule has 1 aliphatic heterocycles. The van der Waals surface area contributed by atoms with Crippen molar-refractivity contribution in [3.05, 3.63) is 53.9 Å². The second-order valence-corrected chi connectivity index (χ2v) is 6.08. The van der Waals surface area contributed by atoms with Crippen molar-refractivity contribution in [2.24, 2.45) is 0 Å². The topological polar surface area (TPSA) is 82.7 Å². The highest BCUT2D eigenvalue weighted by molar-refractivity contribution is 5.99. The lowest BCUT2D eigenvalue weighted by Crippen LogP contribution is -2.31. The van der Waals surface area contributed by atoms with E-state index in [0.29, 0.717) is 18.7 Å². The van der Waals surface area contributed by atoms with Crippen molar-refractivity contribution in [3.8, 4) is 11.3 Å². The standard InChI is InChI=1S/C19H19N5O.C2H6/c1-3-8-20-18-11(2)22-15-6-4-5-12(17(15)24-18)16-10-13-14(23-16)7-9-21-19(13)25;1-2/h3-6,10,23H,1,7-9H2,2H3,(H,20,24)(H,21,25);1-2H3. The largest absolute Gasteiger partial charge is 0.365 e. The Morgan fingerprint density at radius 1 is 1.26 bits per heavy atom. The van der Waals surface area contributed by atoms with Gasteiger partial charge in [0.15, 0.2) is 0 Å². The molecule has 3 N–H and O–H groups in total. The third-order valence-corrected chi connectivity index (χ3v) is 4.38. The predicted octanol–water partition coefficient (Wildman–Crippen LogP) is 3.84. The number of para-hydroxylation sites is 1. The predicted molar refractivity (Wildman–Crippen MR) is 110 cm³/mol. The molecule has 0 saturated heterocycles. The van der Waals surface area contributed by atoms with Crippen LogP contribution in [0, 0.1) is 6.92 Å². The van der Waals surface area contributed by atoms with Crippen LogP contribution in [0.25, 0.3) is 22.3 Å². The quantitative estimate of drug-likeness (QED) is 0.615. The summed E-state index contributed by atoms with van der Waals surface area (Å²) >= 11 is 0. The highest BCUT2D eigenvalue weighted by Crippen LogP contribution is 2.30. The Balaban J connectivity index is 0.00000102. The molecular weight excluding hydrogens is 338 g/mol. The molecule has 6 nitrogen and oxygen atoms in total. The van der Waals surface area contributed by atoms with E-state index in [1.807, 2.05) is 45.0 Å². The van der Waals surface area contributed by atoms with E-state index in [1.54, 1.807) is 6.08 Å². The zero-order valence-corrected chi connectivity index (χ0v) is 16.0. The number of carbonyl (C=O) groups excluding carboxylic acids is 1. The van der Waals surface area contributed by atoms with Gasteiger partial charge >= 0.3 is 0 Å². The van der Waals surface area contributed by atoms with Gasteiger partial charge in [-0.2, -0.15) is 0 Å². The molecule has 3 heterocycles. The Morgan fingerprint density at radius 2 is 2.07 bits per heavy atom. The van der Waals surface area contributed by atoms with Gasteiger partial charge in [-0.15, -0.1) is 6.58 Å². The fourth-order valence-corrected chi connectivity index (χ4v) is 3.16. The summed E-state index contributed by atoms with van der Waals surface area (Å²) in [7, 11) is 0. The van der Waals surface area contributed by atoms with Gasteiger partial charge in [0.2, 0.25) is 0 Å². The Bertz CT molecular complexity index is 990. The summed E-state index contributed by atoms with van der Waals surface area (Å²) in [5, 5.41) is 6.10. The van der Waals surface area contributed by atoms with E-state index in [0.717, 1.165) is 45.9 Å². The van der Waals surface area contributed by atoms with Crippen LogP contribution in [0.5, 0.6) is 0 Å². The van der Waals surface area contributed by atoms with Crippen LogP contribution in [-0.2, 0) is 6.42 Å². The zero-order chi connectivity index (χ0) is 19.4. The van der Waals surface area contributed by atoms with Crippen molar-refractivity contribution in [2.45, 2.75) is 27.2 Å². The Labute approximate surface area is 159 Å². The molecule has 0 aliphatic carbocycles. The smallest absolute Gasteiger partial charge is 0.253 e. The summed E-state index contributed by atoms with van der Waals surface area (Å²) in [6.07, 6.45) is 2.59. The molecule has 6 heteroatoms. The molecule has 1 amide bonds. The van der Waals surface area contributed by atoms with Crippen LogP contribution >= 0.6 is 0 Å². The van der Waals surface area contributed by atoms with Crippen LogP contribution in [0.1, 0.15) is 35.6 Å². The maximum atomic E-state index is 12.0. The highest BCUT2D eigenvalue weighted by Gasteiger charge is 2.21. The molecular formula is C21H25N5O. The Kier molecular flexibility index (Phi) is 5.54. The lowest BCUT2D eigenvalue weighted by Gasteiger charge is -2.11. The molecule has 0 unspecified atom stereocenters. The average Bonchev–Trinajstić information content (AvgIpc) is 3.13. The number of anilines is 1. The molecule has 0 saturated carbocycles. The van der Waals surface area contributed by atoms with Gasteiger partial charge in [0, 0.05) is 36.5 Å². The van der Waals surface area contributed by atoms with Crippen LogP contribution in [-0.4, -0.2) is 33.9 Å². The Hall–Kier alpha value is -3.15. The molecule has 27 heavy (non-hydrogen) atoms. The second kappa shape index (κ2) is 8.03. The fourth-order valence-electron chi connectivity index (χ4n) is 3.16. The van der Waals surface area contributed by atoms with Crippen molar-refractivity contribution in [2.75, 3.05) is 18.4 Å². The molecule has 0 atom stereocenters. The number of nitrogens with zero attached hydrogens (tertiary/aromatic N) is 2. The van der Waals surface area contributed by atoms with E-state index < -0.39 is 0 Å². The van der Waals surface area contributed by atoms with Crippen molar-refractivity contribution in [3.63, 3.8) is 0 Å². The third-order valence-electron chi connectivity index (χ3n) is 4.38. The number of hydrogen-bond acceptors (Lipinski definition) is 4. The number of H-pyrrole nitrogens is 1. The van der Waals surface area contributed by atoms with E-state index in [9.17, 15) is 4.79 Å². The number of fused-ring (bicyclic) bond motifs is 2. The molecule has 0 spiro atoms. The van der Waals surface area contributed by atoms with Gasteiger partial charge in [-0.3, -0.25) is 4.79 Å². The first kappa shape index (κ1) is 18.6. The van der Waals surface area contributed by atoms with Crippen molar-refractivity contribution in [1.29, 1.82) is 0 Å². The first-order valence-electron chi connectivity index (χ1n) is 9.30. The number of benzene rings is 1. The number of nitrogens with one attached hydrogen (secondary N) is 3. The Morgan fingerprint density at radius 3 is 2.81 bits per heavy atom. The molecule has 1 aliphatic rings. The van der Waals surface area contributed by atoms with E-state index in [1.165, 1.54) is 0 Å². The van der Waals surface area contributed by atoms with Crippen LogP contribution in [0.3, 0.4) is 0 Å². The highest BCUT2D eigenvalue weighted by atomic mass is 16.1. The minimum Gasteiger partial charge on any atom is -0.365 e. The number of rotatable bonds is 4. The van der Waals surface area contributed by atoms with Gasteiger partial charge in [0.25, 0.3) is 5.91 Å². The molecule has 0 fully saturated rings. The minimum atomic E-state index is -0.0285. The normalized spacial score (nSPS) is 12.6. The van der Waals surface area contributed by atoms with Crippen molar-refractivity contribution >= 4 is 22.8 Å². The summed E-state index contributed by atoms with van der Waals surface area (Å²) in [5.41, 5.74) is 5.99. The van der Waals surface area contributed by atoms with Crippen molar-refractivity contribution < 1.29 is 4.79 Å². The van der Waals surface area contributed by atoms with Crippen LogP contribution in [0.2, 0.25) is 0 Å². The summed E-state index contributed by atoms with van der Waals surface area (Å²) in [6, 6.07) is 7.81. The van der Waals surface area contributed by atoms with E-state index in [2.05, 4.69) is 27.2 Å². The van der Waals surface area contributed by atoms with Gasteiger partial charge in [-0.1, -0.05) is 32.1 Å². The lowest BCUT2D eigenvalue weighted by molar-refractivity contribution is 0.0946. The van der Waals surface area contributed by atoms with Crippen LogP contribution in [0.15, 0.2) is 36.9 Å². The van der Waals surface area contributed by atoms with Crippen LogP contribution in [0.4, 0.5) is 5.82 Å². The lowest BCUT2D eigenvalue weighted by atomic mass is 10.1. The average molecular weight is 363 g/mol. The number of carbonyl (C=O) groups is 1. The number of aryl methyl sites for hydroxylation is 1. The van der Waals surface area contributed by atoms with Gasteiger partial charge in [-0.25, -0.2) is 9.97 Å². The van der Waals surface area contributed by atoms with E-state index in [-0.39, 0.29) is 5.91 Å². The molecule has 4 rings (SSSR count). The molecule has 0 radical (unpaired) electrons.